The van der Waals surface area contributed by atoms with Crippen molar-refractivity contribution in [1.82, 2.24) is 19.7 Å². The zero-order valence-electron chi connectivity index (χ0n) is 18.4. The molecule has 0 fully saturated rings. The lowest BCUT2D eigenvalue weighted by molar-refractivity contribution is -0.113. The predicted octanol–water partition coefficient (Wildman–Crippen LogP) is 5.45. The molecule has 3 heterocycles. The van der Waals surface area contributed by atoms with E-state index in [9.17, 15) is 4.79 Å². The Morgan fingerprint density at radius 1 is 0.971 bits per heavy atom. The van der Waals surface area contributed by atoms with Crippen molar-refractivity contribution >= 4 is 45.6 Å². The number of amides is 1. The average Bonchev–Trinajstić information content (AvgIpc) is 3.52. The third-order valence-electron chi connectivity index (χ3n) is 5.42. The van der Waals surface area contributed by atoms with Crippen LogP contribution in [0.4, 0.5) is 5.69 Å². The monoisotopic (exact) mass is 485 g/mol. The molecule has 0 saturated carbocycles. The average molecular weight is 486 g/mol. The first-order valence-electron chi connectivity index (χ1n) is 11.0. The normalized spacial score (nSPS) is 11.1. The molecule has 34 heavy (non-hydrogen) atoms. The summed E-state index contributed by atoms with van der Waals surface area (Å²) in [5.41, 5.74) is 2.88. The Bertz CT molecular complexity index is 1380. The summed E-state index contributed by atoms with van der Waals surface area (Å²) in [6.07, 6.45) is 3.36. The summed E-state index contributed by atoms with van der Waals surface area (Å²) in [6.45, 7) is 0.761. The molecular formula is C26H23N5OS2. The van der Waals surface area contributed by atoms with E-state index in [0.717, 1.165) is 47.0 Å². The molecule has 8 heteroatoms. The van der Waals surface area contributed by atoms with Crippen LogP contribution in [0.2, 0.25) is 0 Å². The van der Waals surface area contributed by atoms with E-state index in [1.807, 2.05) is 42.5 Å². The second kappa shape index (κ2) is 10.6. The Hall–Kier alpha value is -3.49. The number of benzene rings is 2. The van der Waals surface area contributed by atoms with Crippen molar-refractivity contribution in [3.63, 3.8) is 0 Å². The first kappa shape index (κ1) is 22.3. The number of aryl methyl sites for hydroxylation is 1. The molecule has 0 aliphatic carbocycles. The van der Waals surface area contributed by atoms with Crippen molar-refractivity contribution in [2.45, 2.75) is 24.5 Å². The number of fused-ring (bicyclic) bond motifs is 1. The van der Waals surface area contributed by atoms with Gasteiger partial charge in [0.2, 0.25) is 5.91 Å². The summed E-state index contributed by atoms with van der Waals surface area (Å²) in [6, 6.07) is 24.1. The van der Waals surface area contributed by atoms with Crippen LogP contribution in [0.5, 0.6) is 0 Å². The second-order valence-electron chi connectivity index (χ2n) is 7.75. The van der Waals surface area contributed by atoms with E-state index < -0.39 is 0 Å². The van der Waals surface area contributed by atoms with E-state index >= 15 is 0 Å². The molecule has 0 unspecified atom stereocenters. The highest BCUT2D eigenvalue weighted by Crippen LogP contribution is 2.24. The van der Waals surface area contributed by atoms with Gasteiger partial charge in [0.05, 0.1) is 17.0 Å². The van der Waals surface area contributed by atoms with E-state index in [1.54, 1.807) is 17.5 Å². The molecule has 0 atom stereocenters. The van der Waals surface area contributed by atoms with Gasteiger partial charge in [-0.15, -0.1) is 21.5 Å². The van der Waals surface area contributed by atoms with Crippen molar-refractivity contribution in [2.75, 3.05) is 11.1 Å². The van der Waals surface area contributed by atoms with Crippen LogP contribution in [0.15, 0.2) is 89.5 Å². The maximum atomic E-state index is 12.8. The highest BCUT2D eigenvalue weighted by atomic mass is 32.2. The molecule has 170 valence electrons. The Morgan fingerprint density at radius 3 is 2.74 bits per heavy atom. The highest BCUT2D eigenvalue weighted by molar-refractivity contribution is 7.99. The molecule has 0 bridgehead atoms. The van der Waals surface area contributed by atoms with Crippen LogP contribution in [-0.4, -0.2) is 31.4 Å². The van der Waals surface area contributed by atoms with Crippen LogP contribution in [0.3, 0.4) is 0 Å². The minimum Gasteiger partial charge on any atom is -0.325 e. The molecule has 5 aromatic rings. The van der Waals surface area contributed by atoms with Crippen molar-refractivity contribution in [3.05, 3.63) is 101 Å². The van der Waals surface area contributed by atoms with Gasteiger partial charge in [0.15, 0.2) is 5.16 Å². The topological polar surface area (TPSA) is 72.7 Å². The number of rotatable bonds is 9. The largest absolute Gasteiger partial charge is 0.325 e. The van der Waals surface area contributed by atoms with Crippen LogP contribution in [0.25, 0.3) is 10.9 Å². The summed E-state index contributed by atoms with van der Waals surface area (Å²) < 4.78 is 2.15. The van der Waals surface area contributed by atoms with E-state index in [2.05, 4.69) is 60.8 Å². The molecule has 6 nitrogen and oxygen atoms in total. The number of hydrogen-bond acceptors (Lipinski definition) is 6. The third-order valence-corrected chi connectivity index (χ3v) is 7.27. The van der Waals surface area contributed by atoms with Gasteiger partial charge >= 0.3 is 0 Å². The molecule has 0 saturated heterocycles. The number of thiophene rings is 1. The van der Waals surface area contributed by atoms with Gasteiger partial charge in [-0.2, -0.15) is 0 Å². The Labute approximate surface area is 206 Å². The lowest BCUT2D eigenvalue weighted by Gasteiger charge is -2.11. The highest BCUT2D eigenvalue weighted by Gasteiger charge is 2.16. The fourth-order valence-corrected chi connectivity index (χ4v) is 5.25. The Balaban J connectivity index is 1.30. The first-order chi connectivity index (χ1) is 16.8. The summed E-state index contributed by atoms with van der Waals surface area (Å²) in [7, 11) is 0. The molecule has 3 aromatic heterocycles. The number of thioether (sulfide) groups is 1. The molecule has 5 rings (SSSR count). The number of nitrogens with zero attached hydrogens (tertiary/aromatic N) is 4. The molecule has 0 aliphatic rings. The van der Waals surface area contributed by atoms with Gasteiger partial charge in [0.1, 0.15) is 5.82 Å². The first-order valence-corrected chi connectivity index (χ1v) is 12.9. The third kappa shape index (κ3) is 5.35. The van der Waals surface area contributed by atoms with Gasteiger partial charge < -0.3 is 9.88 Å². The zero-order valence-corrected chi connectivity index (χ0v) is 20.1. The van der Waals surface area contributed by atoms with Crippen LogP contribution >= 0.6 is 23.1 Å². The number of anilines is 1. The summed E-state index contributed by atoms with van der Waals surface area (Å²) >= 11 is 3.13. The Kier molecular flexibility index (Phi) is 6.97. The lowest BCUT2D eigenvalue weighted by Crippen LogP contribution is -2.15. The van der Waals surface area contributed by atoms with Crippen LogP contribution in [0, 0.1) is 0 Å². The predicted molar refractivity (Wildman–Crippen MR) is 138 cm³/mol. The number of carbonyl (C=O) groups is 1. The summed E-state index contributed by atoms with van der Waals surface area (Å²) in [5.74, 6) is 1.08. The number of hydrogen-bond donors (Lipinski definition) is 1. The number of pyridine rings is 1. The maximum absolute atomic E-state index is 12.8. The molecule has 0 spiro atoms. The number of carbonyl (C=O) groups excluding carboxylic acids is 1. The van der Waals surface area contributed by atoms with E-state index in [4.69, 9.17) is 0 Å². The lowest BCUT2D eigenvalue weighted by atomic mass is 10.1. The van der Waals surface area contributed by atoms with Gasteiger partial charge in [-0.3, -0.25) is 9.78 Å². The SMILES string of the molecule is O=C(CSc1nnc(Cc2cccs2)n1CCc1ccccc1)Nc1cccc2ncccc12. The van der Waals surface area contributed by atoms with E-state index in [1.165, 1.54) is 22.2 Å². The van der Waals surface area contributed by atoms with Crippen LogP contribution in [-0.2, 0) is 24.2 Å². The fourth-order valence-electron chi connectivity index (χ4n) is 3.76. The van der Waals surface area contributed by atoms with Gasteiger partial charge in [0.25, 0.3) is 0 Å². The molecule has 0 radical (unpaired) electrons. The minimum atomic E-state index is -0.0845. The molecular weight excluding hydrogens is 462 g/mol. The molecule has 2 aromatic carbocycles. The molecule has 0 aliphatic heterocycles. The van der Waals surface area contributed by atoms with Crippen molar-refractivity contribution in [2.24, 2.45) is 0 Å². The quantitative estimate of drug-likeness (QED) is 0.281. The number of nitrogens with one attached hydrogen (secondary N) is 1. The zero-order chi connectivity index (χ0) is 23.2. The minimum absolute atomic E-state index is 0.0845. The van der Waals surface area contributed by atoms with E-state index in [0.29, 0.717) is 0 Å². The smallest absolute Gasteiger partial charge is 0.234 e. The van der Waals surface area contributed by atoms with Crippen molar-refractivity contribution in [3.8, 4) is 0 Å². The summed E-state index contributed by atoms with van der Waals surface area (Å²) in [4.78, 5) is 18.4. The standard InChI is InChI=1S/C26H23N5OS2/c32-25(28-23-12-4-11-22-21(23)10-5-14-27-22)18-34-26-30-29-24(17-20-9-6-16-33-20)31(26)15-13-19-7-2-1-3-8-19/h1-12,14,16H,13,15,17-18H2,(H,28,32). The van der Waals surface area contributed by atoms with E-state index in [-0.39, 0.29) is 11.7 Å². The fraction of sp³-hybridized carbons (Fsp3) is 0.154. The Morgan fingerprint density at radius 2 is 1.88 bits per heavy atom. The maximum Gasteiger partial charge on any atom is 0.234 e. The van der Waals surface area contributed by atoms with Crippen LogP contribution < -0.4 is 5.32 Å². The summed E-state index contributed by atoms with van der Waals surface area (Å²) in [5, 5.41) is 15.7. The van der Waals surface area contributed by atoms with Crippen molar-refractivity contribution < 1.29 is 4.79 Å². The second-order valence-corrected chi connectivity index (χ2v) is 9.73. The van der Waals surface area contributed by atoms with Crippen molar-refractivity contribution in [1.29, 1.82) is 0 Å². The van der Waals surface area contributed by atoms with Gasteiger partial charge in [-0.1, -0.05) is 54.2 Å². The van der Waals surface area contributed by atoms with Crippen LogP contribution in [0.1, 0.15) is 16.3 Å². The van der Waals surface area contributed by atoms with Gasteiger partial charge in [-0.05, 0) is 47.7 Å². The molecule has 1 N–H and O–H groups in total. The number of aromatic nitrogens is 4. The van der Waals surface area contributed by atoms with Gasteiger partial charge in [0, 0.05) is 29.4 Å². The van der Waals surface area contributed by atoms with Gasteiger partial charge in [-0.25, -0.2) is 0 Å². The molecule has 1 amide bonds.